The Morgan fingerprint density at radius 2 is 2.00 bits per heavy atom. The molecule has 18 heavy (non-hydrogen) atoms. The maximum atomic E-state index is 12.4. The minimum absolute atomic E-state index is 0.259. The fraction of sp³-hybridized carbons (Fsp3) is 0.538. The minimum Gasteiger partial charge on any atom is -0.494 e. The molecule has 0 aliphatic heterocycles. The van der Waals surface area contributed by atoms with Crippen LogP contribution in [0.3, 0.4) is 0 Å². The molecule has 0 heterocycles. The van der Waals surface area contributed by atoms with Crippen LogP contribution in [0.2, 0.25) is 0 Å². The van der Waals surface area contributed by atoms with Crippen LogP contribution < -0.4 is 10.1 Å². The lowest BCUT2D eigenvalue weighted by atomic mass is 10.2. The molecule has 0 bridgehead atoms. The molecule has 2 nitrogen and oxygen atoms in total. The van der Waals surface area contributed by atoms with Gasteiger partial charge in [-0.25, -0.2) is 0 Å². The van der Waals surface area contributed by atoms with Crippen LogP contribution in [0.5, 0.6) is 5.75 Å². The van der Waals surface area contributed by atoms with E-state index in [0.29, 0.717) is 12.6 Å². The highest BCUT2D eigenvalue weighted by Crippen LogP contribution is 2.31. The lowest BCUT2D eigenvalue weighted by Gasteiger charge is -2.11. The molecule has 0 unspecified atom stereocenters. The Morgan fingerprint density at radius 3 is 2.61 bits per heavy atom. The van der Waals surface area contributed by atoms with Crippen LogP contribution in [0.25, 0.3) is 0 Å². The van der Waals surface area contributed by atoms with E-state index in [1.54, 1.807) is 0 Å². The summed E-state index contributed by atoms with van der Waals surface area (Å²) in [5.74, 6) is 0.259. The van der Waals surface area contributed by atoms with Gasteiger partial charge in [0.05, 0.1) is 12.2 Å². The molecule has 0 atom stereocenters. The molecule has 0 saturated carbocycles. The Morgan fingerprint density at radius 1 is 1.28 bits per heavy atom. The van der Waals surface area contributed by atoms with Gasteiger partial charge in [-0.15, -0.1) is 0 Å². The maximum absolute atomic E-state index is 12.4. The summed E-state index contributed by atoms with van der Waals surface area (Å²) in [6.45, 7) is 5.26. The highest BCUT2D eigenvalue weighted by molar-refractivity contribution is 5.30. The molecule has 1 aromatic carbocycles. The second-order valence-electron chi connectivity index (χ2n) is 4.34. The first-order valence-corrected chi connectivity index (χ1v) is 5.93. The van der Waals surface area contributed by atoms with Crippen LogP contribution in [0.15, 0.2) is 24.3 Å². The lowest BCUT2D eigenvalue weighted by Crippen LogP contribution is -2.24. The SMILES string of the molecule is CC(C)NCCCOc1cccc(C(F)(F)F)c1. The van der Waals surface area contributed by atoms with Crippen LogP contribution >= 0.6 is 0 Å². The van der Waals surface area contributed by atoms with Gasteiger partial charge in [0, 0.05) is 6.04 Å². The summed E-state index contributed by atoms with van der Waals surface area (Å²) >= 11 is 0. The molecule has 0 aliphatic carbocycles. The van der Waals surface area contributed by atoms with Crippen molar-refractivity contribution in [1.29, 1.82) is 0 Å². The van der Waals surface area contributed by atoms with Crippen LogP contribution in [0, 0.1) is 0 Å². The summed E-state index contributed by atoms with van der Waals surface area (Å²) in [5, 5.41) is 3.21. The second kappa shape index (κ2) is 6.64. The third-order valence-corrected chi connectivity index (χ3v) is 2.30. The Bertz CT molecular complexity index is 363. The monoisotopic (exact) mass is 261 g/mol. The smallest absolute Gasteiger partial charge is 0.416 e. The highest BCUT2D eigenvalue weighted by atomic mass is 19.4. The van der Waals surface area contributed by atoms with Crippen molar-refractivity contribution in [1.82, 2.24) is 5.32 Å². The molecule has 0 fully saturated rings. The van der Waals surface area contributed by atoms with Gasteiger partial charge in [-0.1, -0.05) is 19.9 Å². The molecule has 0 spiro atoms. The Hall–Kier alpha value is -1.23. The van der Waals surface area contributed by atoms with Crippen molar-refractivity contribution in [3.05, 3.63) is 29.8 Å². The number of nitrogens with one attached hydrogen (secondary N) is 1. The van der Waals surface area contributed by atoms with Gasteiger partial charge in [-0.05, 0) is 31.2 Å². The number of hydrogen-bond acceptors (Lipinski definition) is 2. The van der Waals surface area contributed by atoms with Gasteiger partial charge in [0.1, 0.15) is 5.75 Å². The molecule has 0 amide bonds. The standard InChI is InChI=1S/C13H18F3NO/c1-10(2)17-7-4-8-18-12-6-3-5-11(9-12)13(14,15)16/h3,5-6,9-10,17H,4,7-8H2,1-2H3. The molecule has 0 radical (unpaired) electrons. The summed E-state index contributed by atoms with van der Waals surface area (Å²) in [7, 11) is 0. The molecule has 1 N–H and O–H groups in total. The second-order valence-corrected chi connectivity index (χ2v) is 4.34. The molecule has 5 heteroatoms. The Balaban J connectivity index is 2.39. The van der Waals surface area contributed by atoms with Crippen LogP contribution in [0.4, 0.5) is 13.2 Å². The zero-order valence-electron chi connectivity index (χ0n) is 10.6. The topological polar surface area (TPSA) is 21.3 Å². The van der Waals surface area contributed by atoms with Crippen molar-refractivity contribution < 1.29 is 17.9 Å². The van der Waals surface area contributed by atoms with E-state index in [1.165, 1.54) is 12.1 Å². The fourth-order valence-corrected chi connectivity index (χ4v) is 1.42. The Labute approximate surface area is 105 Å². The van der Waals surface area contributed by atoms with Crippen molar-refractivity contribution in [2.75, 3.05) is 13.2 Å². The van der Waals surface area contributed by atoms with Gasteiger partial charge in [0.25, 0.3) is 0 Å². The van der Waals surface area contributed by atoms with Gasteiger partial charge in [0.2, 0.25) is 0 Å². The maximum Gasteiger partial charge on any atom is 0.416 e. The van der Waals surface area contributed by atoms with Crippen molar-refractivity contribution in [2.24, 2.45) is 0 Å². The molecular weight excluding hydrogens is 243 g/mol. The number of hydrogen-bond donors (Lipinski definition) is 1. The average Bonchev–Trinajstić information content (AvgIpc) is 2.27. The summed E-state index contributed by atoms with van der Waals surface area (Å²) in [6.07, 6.45) is -3.56. The third kappa shape index (κ3) is 5.40. The van der Waals surface area contributed by atoms with E-state index < -0.39 is 11.7 Å². The zero-order chi connectivity index (χ0) is 13.6. The summed E-state index contributed by atoms with van der Waals surface area (Å²) in [6, 6.07) is 5.34. The van der Waals surface area contributed by atoms with Crippen molar-refractivity contribution >= 4 is 0 Å². The van der Waals surface area contributed by atoms with Gasteiger partial charge in [-0.2, -0.15) is 13.2 Å². The molecule has 0 saturated heterocycles. The van der Waals surface area contributed by atoms with Gasteiger partial charge >= 0.3 is 6.18 Å². The van der Waals surface area contributed by atoms with Crippen molar-refractivity contribution in [3.8, 4) is 5.75 Å². The van der Waals surface area contributed by atoms with E-state index in [-0.39, 0.29) is 5.75 Å². The first kappa shape index (κ1) is 14.8. The van der Waals surface area contributed by atoms with E-state index in [9.17, 15) is 13.2 Å². The van der Waals surface area contributed by atoms with Gasteiger partial charge in [-0.3, -0.25) is 0 Å². The number of alkyl halides is 3. The number of rotatable bonds is 6. The molecule has 102 valence electrons. The lowest BCUT2D eigenvalue weighted by molar-refractivity contribution is -0.137. The van der Waals surface area contributed by atoms with E-state index in [2.05, 4.69) is 5.32 Å². The van der Waals surface area contributed by atoms with E-state index in [4.69, 9.17) is 4.74 Å². The zero-order valence-corrected chi connectivity index (χ0v) is 10.6. The van der Waals surface area contributed by atoms with E-state index in [1.807, 2.05) is 13.8 Å². The molecule has 0 aliphatic rings. The number of halogens is 3. The molecule has 1 aromatic rings. The predicted molar refractivity (Wildman–Crippen MR) is 64.7 cm³/mol. The predicted octanol–water partition coefficient (Wildman–Crippen LogP) is 3.47. The average molecular weight is 261 g/mol. The quantitative estimate of drug-likeness (QED) is 0.792. The minimum atomic E-state index is -4.32. The van der Waals surface area contributed by atoms with Gasteiger partial charge < -0.3 is 10.1 Å². The highest BCUT2D eigenvalue weighted by Gasteiger charge is 2.30. The van der Waals surface area contributed by atoms with Crippen LogP contribution in [-0.2, 0) is 6.18 Å². The first-order chi connectivity index (χ1) is 8.39. The molecule has 0 aromatic heterocycles. The van der Waals surface area contributed by atoms with Crippen LogP contribution in [-0.4, -0.2) is 19.2 Å². The molecular formula is C13H18F3NO. The van der Waals surface area contributed by atoms with Crippen molar-refractivity contribution in [3.63, 3.8) is 0 Å². The van der Waals surface area contributed by atoms with E-state index >= 15 is 0 Å². The summed E-state index contributed by atoms with van der Waals surface area (Å²) < 4.78 is 42.6. The number of ether oxygens (including phenoxy) is 1. The first-order valence-electron chi connectivity index (χ1n) is 5.93. The van der Waals surface area contributed by atoms with E-state index in [0.717, 1.165) is 25.1 Å². The third-order valence-electron chi connectivity index (χ3n) is 2.30. The Kier molecular flexibility index (Phi) is 5.47. The number of benzene rings is 1. The van der Waals surface area contributed by atoms with Crippen LogP contribution in [0.1, 0.15) is 25.8 Å². The molecule has 1 rings (SSSR count). The van der Waals surface area contributed by atoms with Gasteiger partial charge in [0.15, 0.2) is 0 Å². The largest absolute Gasteiger partial charge is 0.494 e. The normalized spacial score (nSPS) is 11.9. The fourth-order valence-electron chi connectivity index (χ4n) is 1.42. The van der Waals surface area contributed by atoms with Crippen molar-refractivity contribution in [2.45, 2.75) is 32.5 Å². The summed E-state index contributed by atoms with van der Waals surface area (Å²) in [5.41, 5.74) is -0.680. The summed E-state index contributed by atoms with van der Waals surface area (Å²) in [4.78, 5) is 0.